The molecule has 1 atom stereocenters. The fraction of sp³-hybridized carbons (Fsp3) is 0.917. The maximum atomic E-state index is 10.5. The van der Waals surface area contributed by atoms with Crippen LogP contribution >= 0.6 is 0 Å². The van der Waals surface area contributed by atoms with Crippen LogP contribution in [0.5, 0.6) is 0 Å². The molecule has 99 valence electrons. The van der Waals surface area contributed by atoms with E-state index in [4.69, 9.17) is 0 Å². The van der Waals surface area contributed by atoms with E-state index in [1.165, 1.54) is 0 Å². The molecule has 0 aliphatic carbocycles. The first-order chi connectivity index (χ1) is 6.34. The summed E-state index contributed by atoms with van der Waals surface area (Å²) in [7, 11) is 0. The molecule has 0 aliphatic rings. The molecule has 2 nitrogen and oxygen atoms in total. The quantitative estimate of drug-likeness (QED) is 0.738. The number of hydrogen-bond acceptors (Lipinski definition) is 2. The minimum absolute atomic E-state index is 0. The van der Waals surface area contributed by atoms with Crippen LogP contribution in [0.2, 0.25) is 0 Å². The largest absolute Gasteiger partial charge is 0.384 e. The molecule has 0 aromatic rings. The zero-order valence-electron chi connectivity index (χ0n) is 10.7. The Balaban J connectivity index is 0. The Morgan fingerprint density at radius 1 is 1.27 bits per heavy atom. The molecule has 0 heterocycles. The molecule has 0 aromatic carbocycles. The number of nitrogens with zero attached hydrogens (tertiary/aromatic N) is 1. The number of rotatable bonds is 5. The van der Waals surface area contributed by atoms with Gasteiger partial charge in [-0.3, -0.25) is 4.99 Å². The zero-order chi connectivity index (χ0) is 11.4. The van der Waals surface area contributed by atoms with Gasteiger partial charge in [0.1, 0.15) is 5.60 Å². The molecule has 0 saturated heterocycles. The van der Waals surface area contributed by atoms with Crippen molar-refractivity contribution in [3.63, 3.8) is 0 Å². The molecule has 0 spiro atoms. The summed E-state index contributed by atoms with van der Waals surface area (Å²) in [6.07, 6.45) is 1.78. The smallest absolute Gasteiger partial charge is 0.104 e. The molecule has 1 radical (unpaired) electrons. The SMILES string of the molecule is CCCC(O)(C(C)=NC(C)C)C(C)C.[Lu]. The van der Waals surface area contributed by atoms with Crippen molar-refractivity contribution in [3.8, 4) is 0 Å². The van der Waals surface area contributed by atoms with Crippen LogP contribution in [0.3, 0.4) is 0 Å². The second kappa shape index (κ2) is 8.03. The van der Waals surface area contributed by atoms with Crippen LogP contribution in [0.25, 0.3) is 0 Å². The van der Waals surface area contributed by atoms with E-state index < -0.39 is 5.60 Å². The van der Waals surface area contributed by atoms with Crippen molar-refractivity contribution in [3.05, 3.63) is 0 Å². The molecule has 0 fully saturated rings. The molecule has 0 aromatic heterocycles. The first kappa shape index (κ1) is 18.2. The maximum Gasteiger partial charge on any atom is 0.104 e. The Kier molecular flexibility index (Phi) is 9.76. The summed E-state index contributed by atoms with van der Waals surface area (Å²) in [6, 6.07) is 0.261. The number of hydrogen-bond donors (Lipinski definition) is 1. The minimum atomic E-state index is -0.709. The molecule has 15 heavy (non-hydrogen) atoms. The molecule has 0 saturated carbocycles. The summed E-state index contributed by atoms with van der Waals surface area (Å²) in [5.74, 6) is 0.227. The Bertz CT molecular complexity index is 202. The molecule has 3 heteroatoms. The van der Waals surface area contributed by atoms with Crippen LogP contribution in [-0.4, -0.2) is 22.5 Å². The van der Waals surface area contributed by atoms with Gasteiger partial charge in [-0.05, 0) is 33.1 Å². The van der Waals surface area contributed by atoms with E-state index in [2.05, 4.69) is 25.8 Å². The summed E-state index contributed by atoms with van der Waals surface area (Å²) in [4.78, 5) is 4.46. The third kappa shape index (κ3) is 5.65. The van der Waals surface area contributed by atoms with Crippen molar-refractivity contribution < 1.29 is 42.0 Å². The van der Waals surface area contributed by atoms with Crippen molar-refractivity contribution in [2.75, 3.05) is 0 Å². The Morgan fingerprint density at radius 3 is 2.00 bits per heavy atom. The zero-order valence-corrected chi connectivity index (χ0v) is 12.4. The summed E-state index contributed by atoms with van der Waals surface area (Å²) >= 11 is 0. The van der Waals surface area contributed by atoms with Crippen molar-refractivity contribution in [1.29, 1.82) is 0 Å². The van der Waals surface area contributed by atoms with Gasteiger partial charge in [0.25, 0.3) is 0 Å². The summed E-state index contributed by atoms with van der Waals surface area (Å²) in [5.41, 5.74) is 0.170. The van der Waals surface area contributed by atoms with Crippen molar-refractivity contribution in [2.24, 2.45) is 10.9 Å². The Hall–Kier alpha value is 0.864. The molecular weight excluding hydrogens is 349 g/mol. The van der Waals surface area contributed by atoms with E-state index in [0.29, 0.717) is 0 Å². The molecule has 0 rings (SSSR count). The monoisotopic (exact) mass is 374 g/mol. The summed E-state index contributed by atoms with van der Waals surface area (Å²) in [6.45, 7) is 12.2. The van der Waals surface area contributed by atoms with Gasteiger partial charge < -0.3 is 5.11 Å². The molecule has 1 unspecified atom stereocenters. The van der Waals surface area contributed by atoms with E-state index in [1.807, 2.05) is 20.8 Å². The standard InChI is InChI=1S/C12H25NO.Lu/c1-7-8-12(14,9(2)3)11(6)13-10(4)5;/h9-10,14H,7-8H2,1-6H3;. The normalized spacial score (nSPS) is 16.5. The second-order valence-electron chi connectivity index (χ2n) is 4.64. The van der Waals surface area contributed by atoms with Gasteiger partial charge in [0.2, 0.25) is 0 Å². The van der Waals surface area contributed by atoms with E-state index in [9.17, 15) is 5.11 Å². The Labute approximate surface area is 124 Å². The van der Waals surface area contributed by atoms with Gasteiger partial charge in [0.15, 0.2) is 0 Å². The van der Waals surface area contributed by atoms with Gasteiger partial charge in [-0.2, -0.15) is 0 Å². The van der Waals surface area contributed by atoms with Gasteiger partial charge >= 0.3 is 0 Å². The fourth-order valence-corrected chi connectivity index (χ4v) is 1.77. The fourth-order valence-electron chi connectivity index (χ4n) is 1.77. The summed E-state index contributed by atoms with van der Waals surface area (Å²) < 4.78 is 0. The maximum absolute atomic E-state index is 10.5. The van der Waals surface area contributed by atoms with E-state index in [1.54, 1.807) is 0 Å². The molecule has 0 bridgehead atoms. The van der Waals surface area contributed by atoms with Crippen molar-refractivity contribution in [1.82, 2.24) is 0 Å². The molecule has 1 N–H and O–H groups in total. The van der Waals surface area contributed by atoms with Crippen molar-refractivity contribution in [2.45, 2.75) is 66.0 Å². The van der Waals surface area contributed by atoms with Crippen molar-refractivity contribution >= 4 is 5.71 Å². The molecule has 0 aliphatic heterocycles. The van der Waals surface area contributed by atoms with Crippen LogP contribution in [0.4, 0.5) is 0 Å². The predicted octanol–water partition coefficient (Wildman–Crippen LogP) is 3.04. The van der Waals surface area contributed by atoms with Gasteiger partial charge in [-0.15, -0.1) is 0 Å². The van der Waals surface area contributed by atoms with Crippen LogP contribution in [0, 0.1) is 42.8 Å². The van der Waals surface area contributed by atoms with Crippen LogP contribution in [0.15, 0.2) is 4.99 Å². The third-order valence-corrected chi connectivity index (χ3v) is 2.66. The average molecular weight is 374 g/mol. The first-order valence-electron chi connectivity index (χ1n) is 5.61. The van der Waals surface area contributed by atoms with Gasteiger partial charge in [-0.25, -0.2) is 0 Å². The van der Waals surface area contributed by atoms with Gasteiger partial charge in [-0.1, -0.05) is 27.2 Å². The van der Waals surface area contributed by atoms with Crippen LogP contribution in [0.1, 0.15) is 54.4 Å². The van der Waals surface area contributed by atoms with Gasteiger partial charge in [0.05, 0.1) is 0 Å². The molecule has 0 amide bonds. The van der Waals surface area contributed by atoms with E-state index in [0.717, 1.165) is 18.6 Å². The first-order valence-corrected chi connectivity index (χ1v) is 5.61. The number of aliphatic imine (C=N–C) groups is 1. The Morgan fingerprint density at radius 2 is 1.73 bits per heavy atom. The third-order valence-electron chi connectivity index (χ3n) is 2.66. The van der Waals surface area contributed by atoms with E-state index in [-0.39, 0.29) is 48.8 Å². The number of aliphatic hydroxyl groups is 1. The van der Waals surface area contributed by atoms with E-state index >= 15 is 0 Å². The topological polar surface area (TPSA) is 32.6 Å². The van der Waals surface area contributed by atoms with Crippen LogP contribution in [-0.2, 0) is 0 Å². The van der Waals surface area contributed by atoms with Crippen LogP contribution < -0.4 is 0 Å². The van der Waals surface area contributed by atoms with Gasteiger partial charge in [0, 0.05) is 48.6 Å². The minimum Gasteiger partial charge on any atom is -0.384 e. The predicted molar refractivity (Wildman–Crippen MR) is 62.9 cm³/mol. The molecular formula is C12H25LuNO. The second-order valence-corrected chi connectivity index (χ2v) is 4.64. The summed E-state index contributed by atoms with van der Waals surface area (Å²) in [5, 5.41) is 10.5. The average Bonchev–Trinajstić information content (AvgIpc) is 2.02.